The SMILES string of the molecule is CCOc1cc(C#N)ccc1OCC(=O)NCCN1C(=O)S/C(=C\c2ccc(Cl)cc2)C1=O. The molecule has 0 radical (unpaired) electrons. The maximum atomic E-state index is 12.5. The number of carbonyl (C=O) groups is 3. The van der Waals surface area contributed by atoms with Gasteiger partial charge in [0.05, 0.1) is 23.1 Å². The first kappa shape index (κ1) is 24.2. The van der Waals surface area contributed by atoms with Crippen molar-refractivity contribution in [2.24, 2.45) is 0 Å². The molecule has 1 N–H and O–H groups in total. The van der Waals surface area contributed by atoms with E-state index in [0.29, 0.717) is 33.6 Å². The van der Waals surface area contributed by atoms with Crippen LogP contribution in [0.3, 0.4) is 0 Å². The van der Waals surface area contributed by atoms with Gasteiger partial charge in [-0.05, 0) is 54.6 Å². The van der Waals surface area contributed by atoms with Crippen LogP contribution in [0.1, 0.15) is 18.1 Å². The van der Waals surface area contributed by atoms with E-state index >= 15 is 0 Å². The number of hydrogen-bond acceptors (Lipinski definition) is 7. The van der Waals surface area contributed by atoms with Crippen molar-refractivity contribution in [3.8, 4) is 17.6 Å². The van der Waals surface area contributed by atoms with E-state index in [2.05, 4.69) is 5.32 Å². The fourth-order valence-corrected chi connectivity index (χ4v) is 3.86. The lowest BCUT2D eigenvalue weighted by molar-refractivity contribution is -0.125. The van der Waals surface area contributed by atoms with Crippen LogP contribution < -0.4 is 14.8 Å². The van der Waals surface area contributed by atoms with Crippen LogP contribution in [0.4, 0.5) is 4.79 Å². The minimum Gasteiger partial charge on any atom is -0.490 e. The highest BCUT2D eigenvalue weighted by atomic mass is 35.5. The Morgan fingerprint density at radius 2 is 1.94 bits per heavy atom. The van der Waals surface area contributed by atoms with Crippen molar-refractivity contribution in [1.82, 2.24) is 10.2 Å². The van der Waals surface area contributed by atoms with Gasteiger partial charge in [-0.25, -0.2) is 0 Å². The zero-order valence-corrected chi connectivity index (χ0v) is 19.2. The number of hydrogen-bond donors (Lipinski definition) is 1. The average Bonchev–Trinajstić information content (AvgIpc) is 3.07. The molecule has 0 saturated carbocycles. The topological polar surface area (TPSA) is 109 Å². The fraction of sp³-hybridized carbons (Fsp3) is 0.217. The monoisotopic (exact) mass is 485 g/mol. The maximum Gasteiger partial charge on any atom is 0.293 e. The summed E-state index contributed by atoms with van der Waals surface area (Å²) >= 11 is 6.71. The number of amides is 3. The minimum atomic E-state index is -0.425. The molecule has 1 aliphatic rings. The van der Waals surface area contributed by atoms with E-state index in [1.807, 2.05) is 6.07 Å². The van der Waals surface area contributed by atoms with Gasteiger partial charge < -0.3 is 14.8 Å². The fourth-order valence-electron chi connectivity index (χ4n) is 2.87. The summed E-state index contributed by atoms with van der Waals surface area (Å²) in [5.74, 6) is -0.131. The second kappa shape index (κ2) is 11.4. The van der Waals surface area contributed by atoms with Crippen molar-refractivity contribution >= 4 is 46.5 Å². The Labute approximate surface area is 200 Å². The largest absolute Gasteiger partial charge is 0.490 e. The molecule has 1 fully saturated rings. The molecule has 3 amide bonds. The van der Waals surface area contributed by atoms with Gasteiger partial charge in [-0.2, -0.15) is 5.26 Å². The number of nitrogens with one attached hydrogen (secondary N) is 1. The highest BCUT2D eigenvalue weighted by Crippen LogP contribution is 2.32. The zero-order chi connectivity index (χ0) is 23.8. The summed E-state index contributed by atoms with van der Waals surface area (Å²) in [4.78, 5) is 38.3. The Morgan fingerprint density at radius 1 is 1.18 bits per heavy atom. The lowest BCUT2D eigenvalue weighted by atomic mass is 10.2. The van der Waals surface area contributed by atoms with Crippen LogP contribution in [0.25, 0.3) is 6.08 Å². The van der Waals surface area contributed by atoms with E-state index in [0.717, 1.165) is 22.2 Å². The summed E-state index contributed by atoms with van der Waals surface area (Å²) in [5.41, 5.74) is 1.17. The predicted octanol–water partition coefficient (Wildman–Crippen LogP) is 3.84. The molecule has 0 atom stereocenters. The Hall–Kier alpha value is -3.48. The van der Waals surface area contributed by atoms with Gasteiger partial charge in [0.25, 0.3) is 17.1 Å². The Kier molecular flexibility index (Phi) is 8.35. The normalized spacial score (nSPS) is 14.3. The van der Waals surface area contributed by atoms with Crippen LogP contribution >= 0.6 is 23.4 Å². The van der Waals surface area contributed by atoms with Gasteiger partial charge in [0, 0.05) is 24.2 Å². The number of nitriles is 1. The van der Waals surface area contributed by atoms with Crippen LogP contribution in [-0.4, -0.2) is 48.3 Å². The molecule has 1 heterocycles. The molecule has 0 unspecified atom stereocenters. The van der Waals surface area contributed by atoms with Gasteiger partial charge in [-0.3, -0.25) is 19.3 Å². The van der Waals surface area contributed by atoms with E-state index in [-0.39, 0.29) is 19.7 Å². The number of halogens is 1. The smallest absolute Gasteiger partial charge is 0.293 e. The van der Waals surface area contributed by atoms with Crippen LogP contribution in [0.2, 0.25) is 5.02 Å². The highest BCUT2D eigenvalue weighted by molar-refractivity contribution is 8.18. The zero-order valence-electron chi connectivity index (χ0n) is 17.7. The predicted molar refractivity (Wildman–Crippen MR) is 125 cm³/mol. The maximum absolute atomic E-state index is 12.5. The summed E-state index contributed by atoms with van der Waals surface area (Å²) in [6.45, 7) is 2.01. The first-order chi connectivity index (χ1) is 15.9. The molecule has 0 spiro atoms. The first-order valence-electron chi connectivity index (χ1n) is 9.98. The van der Waals surface area contributed by atoms with Gasteiger partial charge in [0.2, 0.25) is 0 Å². The van der Waals surface area contributed by atoms with Gasteiger partial charge in [-0.15, -0.1) is 0 Å². The van der Waals surface area contributed by atoms with Crippen molar-refractivity contribution in [3.05, 3.63) is 63.5 Å². The van der Waals surface area contributed by atoms with E-state index in [1.54, 1.807) is 49.4 Å². The molecule has 3 rings (SSSR count). The molecular formula is C23H20ClN3O5S. The Morgan fingerprint density at radius 3 is 2.64 bits per heavy atom. The van der Waals surface area contributed by atoms with Crippen molar-refractivity contribution < 1.29 is 23.9 Å². The van der Waals surface area contributed by atoms with Crippen molar-refractivity contribution in [2.75, 3.05) is 26.3 Å². The van der Waals surface area contributed by atoms with Gasteiger partial charge in [0.1, 0.15) is 0 Å². The summed E-state index contributed by atoms with van der Waals surface area (Å²) in [5, 5.41) is 11.8. The van der Waals surface area contributed by atoms with Crippen LogP contribution in [-0.2, 0) is 9.59 Å². The summed E-state index contributed by atoms with van der Waals surface area (Å²) in [6.07, 6.45) is 1.63. The third-order valence-electron chi connectivity index (χ3n) is 4.43. The molecule has 1 aliphatic heterocycles. The van der Waals surface area contributed by atoms with Gasteiger partial charge >= 0.3 is 0 Å². The number of carbonyl (C=O) groups excluding carboxylic acids is 3. The third-order valence-corrected chi connectivity index (χ3v) is 5.59. The first-order valence-corrected chi connectivity index (χ1v) is 11.2. The molecule has 2 aromatic rings. The molecule has 33 heavy (non-hydrogen) atoms. The summed E-state index contributed by atoms with van der Waals surface area (Å²) < 4.78 is 10.9. The molecule has 0 bridgehead atoms. The highest BCUT2D eigenvalue weighted by Gasteiger charge is 2.34. The number of rotatable bonds is 9. The molecular weight excluding hydrogens is 466 g/mol. The average molecular weight is 486 g/mol. The van der Waals surface area contributed by atoms with Crippen LogP contribution in [0, 0.1) is 11.3 Å². The number of ether oxygens (including phenoxy) is 2. The van der Waals surface area contributed by atoms with E-state index in [9.17, 15) is 14.4 Å². The third kappa shape index (κ3) is 6.51. The van der Waals surface area contributed by atoms with Crippen molar-refractivity contribution in [2.45, 2.75) is 6.92 Å². The molecule has 8 nitrogen and oxygen atoms in total. The molecule has 0 aliphatic carbocycles. The Balaban J connectivity index is 1.49. The van der Waals surface area contributed by atoms with E-state index in [1.165, 1.54) is 6.07 Å². The minimum absolute atomic E-state index is 0.0371. The number of benzene rings is 2. The van der Waals surface area contributed by atoms with E-state index < -0.39 is 17.1 Å². The standard InChI is InChI=1S/C23H20ClN3O5S/c1-2-31-19-11-16(13-25)5-8-18(19)32-14-21(28)26-9-10-27-22(29)20(33-23(27)30)12-15-3-6-17(24)7-4-15/h3-8,11-12H,2,9-10,14H2,1H3,(H,26,28)/b20-12-. The second-order valence-corrected chi connectivity index (χ2v) is 8.16. The number of thioether (sulfide) groups is 1. The summed E-state index contributed by atoms with van der Waals surface area (Å²) in [6, 6.07) is 13.6. The number of nitrogens with zero attached hydrogens (tertiary/aromatic N) is 2. The van der Waals surface area contributed by atoms with Crippen LogP contribution in [0.5, 0.6) is 11.5 Å². The Bertz CT molecular complexity index is 1130. The molecule has 2 aromatic carbocycles. The van der Waals surface area contributed by atoms with Crippen LogP contribution in [0.15, 0.2) is 47.4 Å². The van der Waals surface area contributed by atoms with E-state index in [4.69, 9.17) is 26.3 Å². The molecule has 1 saturated heterocycles. The lowest BCUT2D eigenvalue weighted by Gasteiger charge is -2.14. The molecule has 10 heteroatoms. The lowest BCUT2D eigenvalue weighted by Crippen LogP contribution is -2.38. The van der Waals surface area contributed by atoms with Crippen molar-refractivity contribution in [1.29, 1.82) is 5.26 Å². The number of imide groups is 1. The quantitative estimate of drug-likeness (QED) is 0.537. The summed E-state index contributed by atoms with van der Waals surface area (Å²) in [7, 11) is 0. The second-order valence-electron chi connectivity index (χ2n) is 6.73. The van der Waals surface area contributed by atoms with Gasteiger partial charge in [0.15, 0.2) is 18.1 Å². The van der Waals surface area contributed by atoms with Gasteiger partial charge in [-0.1, -0.05) is 23.7 Å². The van der Waals surface area contributed by atoms with Crippen molar-refractivity contribution in [3.63, 3.8) is 0 Å². The molecule has 170 valence electrons. The molecule has 0 aromatic heterocycles.